The Bertz CT molecular complexity index is 1060. The minimum absolute atomic E-state index is 0.574. The fraction of sp³-hybridized carbons (Fsp3) is 0.238. The van der Waals surface area contributed by atoms with Gasteiger partial charge in [-0.2, -0.15) is 0 Å². The molecule has 3 heterocycles. The Balaban J connectivity index is 1.94. The van der Waals surface area contributed by atoms with E-state index in [1.54, 1.807) is 0 Å². The molecule has 1 aromatic carbocycles. The molecule has 3 aromatic heterocycles. The third-order valence-electron chi connectivity index (χ3n) is 4.39. The zero-order chi connectivity index (χ0) is 17.6. The lowest BCUT2D eigenvalue weighted by molar-refractivity contribution is 0.648. The first-order valence-electron chi connectivity index (χ1n) is 8.75. The van der Waals surface area contributed by atoms with Gasteiger partial charge >= 0.3 is 0 Å². The van der Waals surface area contributed by atoms with Crippen LogP contribution in [-0.4, -0.2) is 9.97 Å². The zero-order valence-electron chi connectivity index (χ0n) is 15.1. The summed E-state index contributed by atoms with van der Waals surface area (Å²) in [6.45, 7) is 5.77. The van der Waals surface area contributed by atoms with E-state index in [1.165, 1.54) is 5.56 Å². The number of aromatic nitrogens is 2. The van der Waals surface area contributed by atoms with Crippen LogP contribution in [-0.2, 0) is 6.42 Å². The van der Waals surface area contributed by atoms with Crippen LogP contribution >= 0.6 is 0 Å². The van der Waals surface area contributed by atoms with Crippen molar-refractivity contribution in [2.24, 2.45) is 0 Å². The molecule has 3 heteroatoms. The molecule has 4 rings (SSSR count). The van der Waals surface area contributed by atoms with E-state index in [2.05, 4.69) is 23.0 Å². The van der Waals surface area contributed by atoms with Crippen LogP contribution in [0.3, 0.4) is 0 Å². The van der Waals surface area contributed by atoms with Crippen molar-refractivity contribution in [3.05, 3.63) is 59.9 Å². The normalized spacial score (nSPS) is 12.7. The van der Waals surface area contributed by atoms with E-state index in [1.807, 2.05) is 56.4 Å². The van der Waals surface area contributed by atoms with Gasteiger partial charge in [-0.1, -0.05) is 39.0 Å². The molecule has 0 bridgehead atoms. The Morgan fingerprint density at radius 1 is 1.08 bits per heavy atom. The second-order valence-corrected chi connectivity index (χ2v) is 6.24. The average Bonchev–Trinajstić information content (AvgIpc) is 2.99. The van der Waals surface area contributed by atoms with E-state index < -0.39 is 5.89 Å². The van der Waals surface area contributed by atoms with Crippen LogP contribution in [0.5, 0.6) is 0 Å². The number of furan rings is 1. The van der Waals surface area contributed by atoms with Crippen LogP contribution in [0.25, 0.3) is 33.3 Å². The molecule has 0 saturated carbocycles. The van der Waals surface area contributed by atoms with Gasteiger partial charge in [0, 0.05) is 29.6 Å². The third-order valence-corrected chi connectivity index (χ3v) is 4.39. The van der Waals surface area contributed by atoms with Crippen LogP contribution < -0.4 is 0 Å². The number of para-hydroxylation sites is 1. The summed E-state index contributed by atoms with van der Waals surface area (Å²) in [5.41, 5.74) is 5.13. The van der Waals surface area contributed by atoms with Crippen molar-refractivity contribution in [2.45, 2.75) is 33.1 Å². The van der Waals surface area contributed by atoms with Crippen molar-refractivity contribution in [1.82, 2.24) is 9.97 Å². The third kappa shape index (κ3) is 2.37. The number of pyridine rings is 2. The molecule has 4 aromatic rings. The number of rotatable bonds is 3. The molecule has 0 aliphatic carbocycles. The van der Waals surface area contributed by atoms with Crippen molar-refractivity contribution in [3.63, 3.8) is 0 Å². The van der Waals surface area contributed by atoms with Crippen LogP contribution in [0.1, 0.15) is 39.3 Å². The largest absolute Gasteiger partial charge is 0.437 e. The average molecular weight is 317 g/mol. The fourth-order valence-electron chi connectivity index (χ4n) is 2.95. The molecule has 3 nitrogen and oxygen atoms in total. The minimum Gasteiger partial charge on any atom is -0.437 e. The summed E-state index contributed by atoms with van der Waals surface area (Å²) in [7, 11) is 0. The molecule has 0 spiro atoms. The highest BCUT2D eigenvalue weighted by atomic mass is 16.3. The molecular weight excluding hydrogens is 296 g/mol. The first kappa shape index (κ1) is 13.7. The van der Waals surface area contributed by atoms with E-state index in [4.69, 9.17) is 5.79 Å². The molecule has 0 saturated heterocycles. The van der Waals surface area contributed by atoms with Crippen LogP contribution in [0.15, 0.2) is 53.1 Å². The van der Waals surface area contributed by atoms with Gasteiger partial charge in [0.15, 0.2) is 0 Å². The fourth-order valence-corrected chi connectivity index (χ4v) is 2.95. The number of hydrogen-bond donors (Lipinski definition) is 0. The number of benzene rings is 1. The Morgan fingerprint density at radius 2 is 1.96 bits per heavy atom. The summed E-state index contributed by atoms with van der Waals surface area (Å²) >= 11 is 0. The number of aryl methyl sites for hydroxylation is 1. The highest BCUT2D eigenvalue weighted by molar-refractivity contribution is 6.08. The molecule has 0 amide bonds. The maximum atomic E-state index is 8.18. The van der Waals surface area contributed by atoms with Gasteiger partial charge in [0.1, 0.15) is 5.58 Å². The molecule has 24 heavy (non-hydrogen) atoms. The Hall–Kier alpha value is -2.68. The molecular formula is C21H20N2O. The van der Waals surface area contributed by atoms with E-state index in [-0.39, 0.29) is 0 Å². The van der Waals surface area contributed by atoms with E-state index in [0.29, 0.717) is 11.4 Å². The summed E-state index contributed by atoms with van der Waals surface area (Å²) in [6, 6.07) is 14.1. The van der Waals surface area contributed by atoms with Crippen LogP contribution in [0.2, 0.25) is 0 Å². The summed E-state index contributed by atoms with van der Waals surface area (Å²) in [5, 5.41) is 1.99. The summed E-state index contributed by atoms with van der Waals surface area (Å²) in [6.07, 6.45) is 2.88. The van der Waals surface area contributed by atoms with Gasteiger partial charge in [0.25, 0.3) is 0 Å². The Morgan fingerprint density at radius 3 is 2.67 bits per heavy atom. The highest BCUT2D eigenvalue weighted by Gasteiger charge is 2.14. The van der Waals surface area contributed by atoms with E-state index in [9.17, 15) is 0 Å². The molecule has 0 fully saturated rings. The topological polar surface area (TPSA) is 38.9 Å². The second-order valence-electron chi connectivity index (χ2n) is 6.24. The van der Waals surface area contributed by atoms with Crippen molar-refractivity contribution >= 4 is 22.1 Å². The maximum absolute atomic E-state index is 8.18. The van der Waals surface area contributed by atoms with E-state index >= 15 is 0 Å². The quantitative estimate of drug-likeness (QED) is 0.484. The maximum Gasteiger partial charge on any atom is 0.227 e. The highest BCUT2D eigenvalue weighted by Crippen LogP contribution is 2.34. The predicted octanol–water partition coefficient (Wildman–Crippen LogP) is 5.73. The molecule has 0 atom stereocenters. The second kappa shape index (κ2) is 5.75. The van der Waals surface area contributed by atoms with Gasteiger partial charge in [-0.3, -0.25) is 4.98 Å². The number of hydrogen-bond acceptors (Lipinski definition) is 3. The van der Waals surface area contributed by atoms with Gasteiger partial charge in [0.05, 0.1) is 5.69 Å². The van der Waals surface area contributed by atoms with Crippen molar-refractivity contribution in [2.75, 3.05) is 0 Å². The monoisotopic (exact) mass is 317 g/mol. The standard InChI is InChI=1S/C21H20N2O/c1-4-14-8-10-19(22-12-14)17-7-5-6-15-16-9-11-18(13(2)3)23-21(16)24-20(15)17/h5-13H,4H2,1-3H3/i13D. The van der Waals surface area contributed by atoms with Crippen LogP contribution in [0.4, 0.5) is 0 Å². The van der Waals surface area contributed by atoms with Gasteiger partial charge in [0.2, 0.25) is 5.71 Å². The molecule has 0 unspecified atom stereocenters. The van der Waals surface area contributed by atoms with Gasteiger partial charge in [-0.25, -0.2) is 4.98 Å². The van der Waals surface area contributed by atoms with Gasteiger partial charge in [-0.05, 0) is 42.1 Å². The molecule has 0 radical (unpaired) electrons. The van der Waals surface area contributed by atoms with Crippen LogP contribution in [0, 0.1) is 0 Å². The molecule has 120 valence electrons. The van der Waals surface area contributed by atoms with Crippen molar-refractivity contribution in [1.29, 1.82) is 0 Å². The minimum atomic E-state index is -0.756. The van der Waals surface area contributed by atoms with Gasteiger partial charge < -0.3 is 4.42 Å². The first-order chi connectivity index (χ1) is 12.0. The zero-order valence-corrected chi connectivity index (χ0v) is 14.1. The lowest BCUT2D eigenvalue weighted by Gasteiger charge is -2.02. The van der Waals surface area contributed by atoms with Crippen molar-refractivity contribution in [3.8, 4) is 11.3 Å². The summed E-state index contributed by atoms with van der Waals surface area (Å²) < 4.78 is 14.3. The predicted molar refractivity (Wildman–Crippen MR) is 98.2 cm³/mol. The Labute approximate surface area is 142 Å². The van der Waals surface area contributed by atoms with Gasteiger partial charge in [-0.15, -0.1) is 0 Å². The number of fused-ring (bicyclic) bond motifs is 3. The van der Waals surface area contributed by atoms with Crippen molar-refractivity contribution < 1.29 is 5.79 Å². The first-order valence-corrected chi connectivity index (χ1v) is 8.25. The van der Waals surface area contributed by atoms with E-state index in [0.717, 1.165) is 34.0 Å². The Kier molecular flexibility index (Phi) is 3.29. The molecule has 0 aliphatic heterocycles. The lowest BCUT2D eigenvalue weighted by atomic mass is 10.1. The number of nitrogens with zero attached hydrogens (tertiary/aromatic N) is 2. The smallest absolute Gasteiger partial charge is 0.227 e. The molecule has 0 aliphatic rings. The lowest BCUT2D eigenvalue weighted by Crippen LogP contribution is -1.90. The summed E-state index contributed by atoms with van der Waals surface area (Å²) in [4.78, 5) is 9.16. The molecule has 0 N–H and O–H groups in total. The summed E-state index contributed by atoms with van der Waals surface area (Å²) in [5.74, 6) is -0.756. The SMILES string of the molecule is [2H]C(C)(C)c1ccc2c(n1)oc1c(-c3ccc(CC)cn3)cccc12.